The fraction of sp³-hybridized carbons (Fsp3) is 0.647. The van der Waals surface area contributed by atoms with Gasteiger partial charge in [0.1, 0.15) is 11.9 Å². The highest BCUT2D eigenvalue weighted by Crippen LogP contribution is 2.44. The molecule has 1 aliphatic carbocycles. The van der Waals surface area contributed by atoms with Crippen molar-refractivity contribution in [3.8, 4) is 5.75 Å². The van der Waals surface area contributed by atoms with Crippen molar-refractivity contribution < 1.29 is 4.74 Å². The van der Waals surface area contributed by atoms with Gasteiger partial charge in [-0.1, -0.05) is 38.5 Å². The zero-order valence-electron chi connectivity index (χ0n) is 13.1. The van der Waals surface area contributed by atoms with Gasteiger partial charge in [0.25, 0.3) is 0 Å². The molecule has 1 fully saturated rings. The molecule has 0 heterocycles. The maximum absolute atomic E-state index is 6.32. The third kappa shape index (κ3) is 2.64. The van der Waals surface area contributed by atoms with Gasteiger partial charge in [0.2, 0.25) is 0 Å². The molecule has 2 rings (SSSR count). The molecule has 2 heteroatoms. The first-order valence-corrected chi connectivity index (χ1v) is 7.34. The van der Waals surface area contributed by atoms with Crippen LogP contribution in [0.25, 0.3) is 0 Å². The summed E-state index contributed by atoms with van der Waals surface area (Å²) in [6.07, 6.45) is 1.42. The maximum Gasteiger partial charge on any atom is 0.125 e. The lowest BCUT2D eigenvalue weighted by Crippen LogP contribution is -2.62. The second kappa shape index (κ2) is 5.16. The Kier molecular flexibility index (Phi) is 3.91. The topological polar surface area (TPSA) is 21.3 Å². The Labute approximate surface area is 117 Å². The van der Waals surface area contributed by atoms with E-state index in [1.807, 2.05) is 0 Å². The maximum atomic E-state index is 6.32. The molecule has 0 aromatic heterocycles. The summed E-state index contributed by atoms with van der Waals surface area (Å²) in [4.78, 5) is 0. The van der Waals surface area contributed by atoms with Crippen LogP contribution in [0.2, 0.25) is 0 Å². The van der Waals surface area contributed by atoms with E-state index in [4.69, 9.17) is 4.74 Å². The molecule has 0 bridgehead atoms. The summed E-state index contributed by atoms with van der Waals surface area (Å²) >= 11 is 0. The first-order valence-electron chi connectivity index (χ1n) is 7.34. The van der Waals surface area contributed by atoms with Crippen LogP contribution in [0.15, 0.2) is 12.1 Å². The molecule has 106 valence electrons. The lowest BCUT2D eigenvalue weighted by atomic mass is 9.64. The Morgan fingerprint density at radius 2 is 1.79 bits per heavy atom. The number of ether oxygens (including phenoxy) is 1. The van der Waals surface area contributed by atoms with Crippen molar-refractivity contribution in [1.82, 2.24) is 5.32 Å². The number of aryl methyl sites for hydroxylation is 3. The van der Waals surface area contributed by atoms with Crippen LogP contribution < -0.4 is 10.1 Å². The normalized spacial score (nSPS) is 24.9. The van der Waals surface area contributed by atoms with Crippen LogP contribution in [0.1, 0.15) is 43.9 Å². The summed E-state index contributed by atoms with van der Waals surface area (Å²) in [5, 5.41) is 3.55. The first-order chi connectivity index (χ1) is 8.86. The van der Waals surface area contributed by atoms with E-state index in [0.29, 0.717) is 12.1 Å². The van der Waals surface area contributed by atoms with Gasteiger partial charge >= 0.3 is 0 Å². The molecule has 1 saturated carbocycles. The van der Waals surface area contributed by atoms with Crippen molar-refractivity contribution in [3.63, 3.8) is 0 Å². The van der Waals surface area contributed by atoms with Crippen molar-refractivity contribution in [2.45, 2.75) is 60.1 Å². The van der Waals surface area contributed by atoms with Crippen LogP contribution in [0.5, 0.6) is 5.75 Å². The van der Waals surface area contributed by atoms with Crippen LogP contribution in [-0.2, 0) is 0 Å². The van der Waals surface area contributed by atoms with Gasteiger partial charge in [-0.2, -0.15) is 0 Å². The van der Waals surface area contributed by atoms with Gasteiger partial charge in [0.05, 0.1) is 0 Å². The zero-order chi connectivity index (χ0) is 14.2. The van der Waals surface area contributed by atoms with Gasteiger partial charge in [-0.25, -0.2) is 0 Å². The number of rotatable bonds is 4. The smallest absolute Gasteiger partial charge is 0.125 e. The van der Waals surface area contributed by atoms with E-state index in [0.717, 1.165) is 18.7 Å². The third-order valence-electron chi connectivity index (χ3n) is 4.49. The van der Waals surface area contributed by atoms with E-state index in [2.05, 4.69) is 59.0 Å². The van der Waals surface area contributed by atoms with Gasteiger partial charge in [-0.15, -0.1) is 0 Å². The summed E-state index contributed by atoms with van der Waals surface area (Å²) < 4.78 is 6.32. The Morgan fingerprint density at radius 1 is 1.21 bits per heavy atom. The van der Waals surface area contributed by atoms with E-state index >= 15 is 0 Å². The van der Waals surface area contributed by atoms with E-state index in [1.54, 1.807) is 0 Å². The quantitative estimate of drug-likeness (QED) is 0.891. The van der Waals surface area contributed by atoms with Crippen molar-refractivity contribution >= 4 is 0 Å². The van der Waals surface area contributed by atoms with E-state index in [1.165, 1.54) is 16.7 Å². The van der Waals surface area contributed by atoms with Crippen LogP contribution in [0, 0.1) is 26.2 Å². The fourth-order valence-electron chi connectivity index (χ4n) is 3.17. The highest BCUT2D eigenvalue weighted by Gasteiger charge is 2.49. The summed E-state index contributed by atoms with van der Waals surface area (Å²) in [5.74, 6) is 1.08. The van der Waals surface area contributed by atoms with Gasteiger partial charge in [-0.05, 0) is 38.4 Å². The molecule has 2 nitrogen and oxygen atoms in total. The number of nitrogens with one attached hydrogen (secondary N) is 1. The molecule has 1 N–H and O–H groups in total. The fourth-order valence-corrected chi connectivity index (χ4v) is 3.17. The number of hydrogen-bond acceptors (Lipinski definition) is 2. The molecule has 1 aromatic carbocycles. The van der Waals surface area contributed by atoms with Crippen LogP contribution >= 0.6 is 0 Å². The highest BCUT2D eigenvalue weighted by molar-refractivity contribution is 5.43. The van der Waals surface area contributed by atoms with Gasteiger partial charge in [-0.3, -0.25) is 0 Å². The molecule has 0 aliphatic heterocycles. The Balaban J connectivity index is 2.12. The minimum absolute atomic E-state index is 0.208. The molecule has 0 amide bonds. The van der Waals surface area contributed by atoms with Crippen molar-refractivity contribution in [3.05, 3.63) is 28.8 Å². The van der Waals surface area contributed by atoms with E-state index in [-0.39, 0.29) is 5.41 Å². The Hall–Kier alpha value is -1.02. The third-order valence-corrected chi connectivity index (χ3v) is 4.49. The largest absolute Gasteiger partial charge is 0.489 e. The van der Waals surface area contributed by atoms with Crippen LogP contribution in [0.4, 0.5) is 0 Å². The first kappa shape index (κ1) is 14.4. The molecule has 1 aliphatic rings. The zero-order valence-corrected chi connectivity index (χ0v) is 13.1. The molecular formula is C17H27NO. The molecule has 0 spiro atoms. The molecule has 2 atom stereocenters. The molecule has 0 radical (unpaired) electrons. The molecule has 2 unspecified atom stereocenters. The minimum Gasteiger partial charge on any atom is -0.489 e. The van der Waals surface area contributed by atoms with Crippen molar-refractivity contribution in [2.75, 3.05) is 6.54 Å². The van der Waals surface area contributed by atoms with Gasteiger partial charge < -0.3 is 10.1 Å². The summed E-state index contributed by atoms with van der Waals surface area (Å²) in [5.41, 5.74) is 4.01. The van der Waals surface area contributed by atoms with Crippen molar-refractivity contribution in [2.24, 2.45) is 5.41 Å². The second-order valence-electron chi connectivity index (χ2n) is 6.50. The van der Waals surface area contributed by atoms with Crippen molar-refractivity contribution in [1.29, 1.82) is 0 Å². The summed E-state index contributed by atoms with van der Waals surface area (Å²) in [7, 11) is 0. The minimum atomic E-state index is 0.208. The van der Waals surface area contributed by atoms with Crippen LogP contribution in [0.3, 0.4) is 0 Å². The van der Waals surface area contributed by atoms with Crippen LogP contribution in [-0.4, -0.2) is 18.7 Å². The molecular weight excluding hydrogens is 234 g/mol. The second-order valence-corrected chi connectivity index (χ2v) is 6.50. The lowest BCUT2D eigenvalue weighted by Gasteiger charge is -2.52. The average Bonchev–Trinajstić information content (AvgIpc) is 2.30. The average molecular weight is 261 g/mol. The Bertz CT molecular complexity index is 441. The monoisotopic (exact) mass is 261 g/mol. The standard InChI is InChI=1S/C17H27NO/c1-7-18-14-10-15(17(14,5)6)19-16-12(3)8-11(2)9-13(16)4/h8-9,14-15,18H,7,10H2,1-6H3. The lowest BCUT2D eigenvalue weighted by molar-refractivity contribution is -0.0547. The molecule has 0 saturated heterocycles. The summed E-state index contributed by atoms with van der Waals surface area (Å²) in [6.45, 7) is 14.2. The highest BCUT2D eigenvalue weighted by atomic mass is 16.5. The van der Waals surface area contributed by atoms with Gasteiger partial charge in [0.15, 0.2) is 0 Å². The summed E-state index contributed by atoms with van der Waals surface area (Å²) in [6, 6.07) is 4.99. The molecule has 1 aromatic rings. The van der Waals surface area contributed by atoms with E-state index < -0.39 is 0 Å². The Morgan fingerprint density at radius 3 is 2.26 bits per heavy atom. The predicted molar refractivity (Wildman–Crippen MR) is 80.9 cm³/mol. The van der Waals surface area contributed by atoms with E-state index in [9.17, 15) is 0 Å². The number of benzene rings is 1. The molecule has 19 heavy (non-hydrogen) atoms. The SMILES string of the molecule is CCNC1CC(Oc2c(C)cc(C)cc2C)C1(C)C. The predicted octanol–water partition coefficient (Wildman–Crippen LogP) is 3.77. The van der Waals surface area contributed by atoms with Gasteiger partial charge in [0, 0.05) is 17.9 Å². The number of hydrogen-bond donors (Lipinski definition) is 1.